The third kappa shape index (κ3) is 3.41. The Balaban J connectivity index is 2.17. The molecular formula is C14H10ClN3O3. The Morgan fingerprint density at radius 1 is 1.05 bits per heavy atom. The zero-order valence-corrected chi connectivity index (χ0v) is 11.4. The molecule has 2 aromatic carbocycles. The van der Waals surface area contributed by atoms with Gasteiger partial charge in [-0.05, 0) is 24.3 Å². The normalized spacial score (nSPS) is 10.7. The van der Waals surface area contributed by atoms with E-state index in [2.05, 4.69) is 10.2 Å². The standard InChI is InChI=1S/C14H10ClN3O3/c15-10-3-8(6-16)1-2-11(10)18-17-7-9-4-13(20)14(21)5-12(9)19/h1-5,19-21H,7H2. The maximum Gasteiger partial charge on any atom is 0.161 e. The molecule has 0 aliphatic rings. The van der Waals surface area contributed by atoms with Gasteiger partial charge >= 0.3 is 0 Å². The van der Waals surface area contributed by atoms with E-state index in [0.29, 0.717) is 16.8 Å². The minimum atomic E-state index is -0.414. The number of hydrogen-bond donors (Lipinski definition) is 3. The third-order valence-corrected chi connectivity index (χ3v) is 2.97. The summed E-state index contributed by atoms with van der Waals surface area (Å²) in [5, 5.41) is 44.9. The van der Waals surface area contributed by atoms with Crippen molar-refractivity contribution < 1.29 is 15.3 Å². The van der Waals surface area contributed by atoms with Crippen LogP contribution in [0.3, 0.4) is 0 Å². The topological polar surface area (TPSA) is 109 Å². The van der Waals surface area contributed by atoms with Crippen LogP contribution in [-0.4, -0.2) is 15.3 Å². The van der Waals surface area contributed by atoms with Crippen LogP contribution >= 0.6 is 11.6 Å². The number of nitriles is 1. The molecule has 0 saturated carbocycles. The van der Waals surface area contributed by atoms with Crippen LogP contribution in [-0.2, 0) is 6.54 Å². The molecule has 21 heavy (non-hydrogen) atoms. The lowest BCUT2D eigenvalue weighted by molar-refractivity contribution is 0.394. The minimum Gasteiger partial charge on any atom is -0.507 e. The van der Waals surface area contributed by atoms with Gasteiger partial charge in [0.1, 0.15) is 11.4 Å². The Bertz CT molecular complexity index is 754. The summed E-state index contributed by atoms with van der Waals surface area (Å²) in [6.45, 7) is -0.00396. The molecule has 2 aromatic rings. The number of halogens is 1. The maximum absolute atomic E-state index is 9.60. The highest BCUT2D eigenvalue weighted by Crippen LogP contribution is 2.33. The van der Waals surface area contributed by atoms with Gasteiger partial charge in [-0.3, -0.25) is 0 Å². The van der Waals surface area contributed by atoms with Crippen molar-refractivity contribution in [2.45, 2.75) is 6.54 Å². The van der Waals surface area contributed by atoms with Crippen molar-refractivity contribution in [1.82, 2.24) is 0 Å². The van der Waals surface area contributed by atoms with Crippen LogP contribution in [0.4, 0.5) is 5.69 Å². The van der Waals surface area contributed by atoms with Gasteiger partial charge in [0.2, 0.25) is 0 Å². The highest BCUT2D eigenvalue weighted by Gasteiger charge is 2.07. The van der Waals surface area contributed by atoms with Crippen molar-refractivity contribution in [2.75, 3.05) is 0 Å². The van der Waals surface area contributed by atoms with Crippen LogP contribution in [0.15, 0.2) is 40.6 Å². The molecular weight excluding hydrogens is 294 g/mol. The Hall–Kier alpha value is -2.78. The molecule has 0 radical (unpaired) electrons. The second kappa shape index (κ2) is 6.11. The van der Waals surface area contributed by atoms with Crippen molar-refractivity contribution in [3.05, 3.63) is 46.5 Å². The van der Waals surface area contributed by atoms with E-state index in [1.54, 1.807) is 12.1 Å². The van der Waals surface area contributed by atoms with Gasteiger partial charge in [-0.25, -0.2) is 0 Å². The Morgan fingerprint density at radius 2 is 1.76 bits per heavy atom. The lowest BCUT2D eigenvalue weighted by Gasteiger charge is -2.03. The molecule has 0 atom stereocenters. The van der Waals surface area contributed by atoms with E-state index in [-0.39, 0.29) is 23.1 Å². The average molecular weight is 304 g/mol. The lowest BCUT2D eigenvalue weighted by atomic mass is 10.2. The summed E-state index contributed by atoms with van der Waals surface area (Å²) in [6.07, 6.45) is 0. The maximum atomic E-state index is 9.60. The van der Waals surface area contributed by atoms with E-state index in [9.17, 15) is 15.3 Å². The highest BCUT2D eigenvalue weighted by molar-refractivity contribution is 6.33. The number of aromatic hydroxyl groups is 3. The van der Waals surface area contributed by atoms with Crippen LogP contribution in [0.2, 0.25) is 5.02 Å². The predicted molar refractivity (Wildman–Crippen MR) is 75.8 cm³/mol. The van der Waals surface area contributed by atoms with E-state index in [1.807, 2.05) is 6.07 Å². The SMILES string of the molecule is N#Cc1ccc(N=NCc2cc(O)c(O)cc2O)c(Cl)c1. The second-order valence-corrected chi connectivity index (χ2v) is 4.55. The van der Waals surface area contributed by atoms with Crippen molar-refractivity contribution in [3.63, 3.8) is 0 Å². The first-order valence-electron chi connectivity index (χ1n) is 5.82. The fourth-order valence-corrected chi connectivity index (χ4v) is 1.80. The van der Waals surface area contributed by atoms with Gasteiger partial charge in [-0.15, -0.1) is 0 Å². The molecule has 0 amide bonds. The lowest BCUT2D eigenvalue weighted by Crippen LogP contribution is -1.83. The summed E-state index contributed by atoms with van der Waals surface area (Å²) in [4.78, 5) is 0. The minimum absolute atomic E-state index is 0.00396. The molecule has 0 aromatic heterocycles. The van der Waals surface area contributed by atoms with Gasteiger partial charge in [0.15, 0.2) is 11.5 Å². The van der Waals surface area contributed by atoms with Gasteiger partial charge in [0.25, 0.3) is 0 Å². The quantitative estimate of drug-likeness (QED) is 0.457. The van der Waals surface area contributed by atoms with E-state index in [1.165, 1.54) is 12.1 Å². The second-order valence-electron chi connectivity index (χ2n) is 4.15. The molecule has 106 valence electrons. The van der Waals surface area contributed by atoms with Crippen LogP contribution in [0.25, 0.3) is 0 Å². The fourth-order valence-electron chi connectivity index (χ4n) is 1.58. The smallest absolute Gasteiger partial charge is 0.161 e. The molecule has 6 nitrogen and oxygen atoms in total. The number of rotatable bonds is 3. The average Bonchev–Trinajstić information content (AvgIpc) is 2.46. The number of hydrogen-bond acceptors (Lipinski definition) is 6. The van der Waals surface area contributed by atoms with Crippen LogP contribution in [0.1, 0.15) is 11.1 Å². The van der Waals surface area contributed by atoms with E-state index < -0.39 is 5.75 Å². The molecule has 0 saturated heterocycles. The van der Waals surface area contributed by atoms with Crippen LogP contribution < -0.4 is 0 Å². The summed E-state index contributed by atoms with van der Waals surface area (Å²) in [7, 11) is 0. The van der Waals surface area contributed by atoms with Gasteiger partial charge in [-0.1, -0.05) is 11.6 Å². The predicted octanol–water partition coefficient (Wildman–Crippen LogP) is 3.61. The number of azo groups is 1. The van der Waals surface area contributed by atoms with E-state index >= 15 is 0 Å². The zero-order chi connectivity index (χ0) is 15.4. The molecule has 0 aliphatic carbocycles. The summed E-state index contributed by atoms with van der Waals surface area (Å²) in [6, 6.07) is 8.76. The van der Waals surface area contributed by atoms with Crippen molar-refractivity contribution >= 4 is 17.3 Å². The fraction of sp³-hybridized carbons (Fsp3) is 0.0714. The van der Waals surface area contributed by atoms with Crippen LogP contribution in [0.5, 0.6) is 17.2 Å². The van der Waals surface area contributed by atoms with E-state index in [4.69, 9.17) is 16.9 Å². The first-order chi connectivity index (χ1) is 10.0. The Labute approximate surface area is 125 Å². The summed E-state index contributed by atoms with van der Waals surface area (Å²) < 4.78 is 0. The number of phenols is 3. The van der Waals surface area contributed by atoms with Gasteiger partial charge in [0, 0.05) is 11.6 Å². The summed E-state index contributed by atoms with van der Waals surface area (Å²) >= 11 is 5.94. The first-order valence-corrected chi connectivity index (χ1v) is 6.20. The first kappa shape index (κ1) is 14.6. The van der Waals surface area contributed by atoms with Gasteiger partial charge in [0.05, 0.1) is 23.2 Å². The van der Waals surface area contributed by atoms with Crippen molar-refractivity contribution in [1.29, 1.82) is 5.26 Å². The molecule has 0 unspecified atom stereocenters. The number of benzene rings is 2. The van der Waals surface area contributed by atoms with Gasteiger partial charge in [-0.2, -0.15) is 15.5 Å². The van der Waals surface area contributed by atoms with Crippen molar-refractivity contribution in [3.8, 4) is 23.3 Å². The molecule has 7 heteroatoms. The van der Waals surface area contributed by atoms with Crippen LogP contribution in [0, 0.1) is 11.3 Å². The number of nitrogens with zero attached hydrogens (tertiary/aromatic N) is 3. The van der Waals surface area contributed by atoms with Gasteiger partial charge < -0.3 is 15.3 Å². The summed E-state index contributed by atoms with van der Waals surface area (Å²) in [5.41, 5.74) is 1.11. The Kier molecular flexibility index (Phi) is 4.26. The highest BCUT2D eigenvalue weighted by atomic mass is 35.5. The molecule has 0 aliphatic heterocycles. The molecule has 0 heterocycles. The monoisotopic (exact) mass is 303 g/mol. The molecule has 2 rings (SSSR count). The molecule has 3 N–H and O–H groups in total. The molecule has 0 spiro atoms. The summed E-state index contributed by atoms with van der Waals surface area (Å²) in [5.74, 6) is -0.965. The van der Waals surface area contributed by atoms with E-state index in [0.717, 1.165) is 6.07 Å². The molecule has 0 fully saturated rings. The van der Waals surface area contributed by atoms with Crippen molar-refractivity contribution in [2.24, 2.45) is 10.2 Å². The molecule has 0 bridgehead atoms. The largest absolute Gasteiger partial charge is 0.507 e. The zero-order valence-electron chi connectivity index (χ0n) is 10.7. The third-order valence-electron chi connectivity index (χ3n) is 2.67. The Morgan fingerprint density at radius 3 is 2.43 bits per heavy atom. The number of phenolic OH excluding ortho intramolecular Hbond substituents is 3.